The van der Waals surface area contributed by atoms with Crippen LogP contribution in [0.2, 0.25) is 0 Å². The molecule has 76 valence electrons. The van der Waals surface area contributed by atoms with Gasteiger partial charge in [-0.05, 0) is 6.92 Å². The van der Waals surface area contributed by atoms with Crippen molar-refractivity contribution in [3.63, 3.8) is 0 Å². The van der Waals surface area contributed by atoms with Crippen LogP contribution in [-0.4, -0.2) is 41.3 Å². The van der Waals surface area contributed by atoms with E-state index in [0.717, 1.165) is 0 Å². The summed E-state index contributed by atoms with van der Waals surface area (Å²) in [5, 5.41) is 0. The Balaban J connectivity index is 2.21. The average molecular weight is 198 g/mol. The monoisotopic (exact) mass is 198 g/mol. The second-order valence-corrected chi connectivity index (χ2v) is 3.05. The van der Waals surface area contributed by atoms with Crippen LogP contribution in [0.4, 0.5) is 10.3 Å². The summed E-state index contributed by atoms with van der Waals surface area (Å²) in [6.45, 7) is 4.30. The van der Waals surface area contributed by atoms with Crippen LogP contribution < -0.4 is 4.90 Å². The van der Waals surface area contributed by atoms with Gasteiger partial charge in [-0.3, -0.25) is 0 Å². The number of ether oxygens (including phenoxy) is 1. The summed E-state index contributed by atoms with van der Waals surface area (Å²) in [7, 11) is 0. The molecule has 1 saturated heterocycles. The Hall–Kier alpha value is -1.30. The van der Waals surface area contributed by atoms with E-state index in [2.05, 4.69) is 15.0 Å². The number of hydrogen-bond acceptors (Lipinski definition) is 5. The lowest BCUT2D eigenvalue weighted by molar-refractivity contribution is 0.122. The van der Waals surface area contributed by atoms with Gasteiger partial charge in [0, 0.05) is 13.1 Å². The standard InChI is InChI=1S/C8H11FN4O/c1-6-10-7(9)12-8(11-6)13-2-4-14-5-3-13/h2-5H2,1H3. The van der Waals surface area contributed by atoms with Crippen molar-refractivity contribution in [1.29, 1.82) is 0 Å². The molecule has 0 saturated carbocycles. The summed E-state index contributed by atoms with van der Waals surface area (Å²) in [4.78, 5) is 13.1. The molecule has 2 heterocycles. The third-order valence-corrected chi connectivity index (χ3v) is 2.00. The van der Waals surface area contributed by atoms with E-state index in [-0.39, 0.29) is 0 Å². The Morgan fingerprint density at radius 3 is 2.57 bits per heavy atom. The predicted molar refractivity (Wildman–Crippen MR) is 47.6 cm³/mol. The van der Waals surface area contributed by atoms with E-state index in [1.54, 1.807) is 6.92 Å². The zero-order valence-electron chi connectivity index (χ0n) is 7.90. The molecule has 0 amide bonds. The molecule has 2 rings (SSSR count). The van der Waals surface area contributed by atoms with Crippen LogP contribution in [0.5, 0.6) is 0 Å². The van der Waals surface area contributed by atoms with Gasteiger partial charge in [0.2, 0.25) is 5.95 Å². The summed E-state index contributed by atoms with van der Waals surface area (Å²) >= 11 is 0. The smallest absolute Gasteiger partial charge is 0.313 e. The van der Waals surface area contributed by atoms with Gasteiger partial charge in [0.1, 0.15) is 5.82 Å². The van der Waals surface area contributed by atoms with Gasteiger partial charge in [-0.25, -0.2) is 0 Å². The highest BCUT2D eigenvalue weighted by atomic mass is 19.1. The normalized spacial score (nSPS) is 17.1. The predicted octanol–water partition coefficient (Wildman–Crippen LogP) is 0.156. The molecule has 0 radical (unpaired) electrons. The Bertz CT molecular complexity index is 307. The molecule has 1 fully saturated rings. The number of aryl methyl sites for hydroxylation is 1. The van der Waals surface area contributed by atoms with Crippen LogP contribution in [0.15, 0.2) is 0 Å². The van der Waals surface area contributed by atoms with Crippen LogP contribution in [0.1, 0.15) is 5.82 Å². The maximum atomic E-state index is 12.9. The molecule has 0 unspecified atom stereocenters. The maximum Gasteiger partial charge on any atom is 0.313 e. The maximum absolute atomic E-state index is 12.9. The molecule has 6 heteroatoms. The highest BCUT2D eigenvalue weighted by molar-refractivity contribution is 5.28. The first-order valence-electron chi connectivity index (χ1n) is 4.46. The fourth-order valence-electron chi connectivity index (χ4n) is 1.34. The van der Waals surface area contributed by atoms with Crippen LogP contribution in [0, 0.1) is 13.0 Å². The fraction of sp³-hybridized carbons (Fsp3) is 0.625. The Kier molecular flexibility index (Phi) is 2.53. The van der Waals surface area contributed by atoms with E-state index < -0.39 is 6.08 Å². The van der Waals surface area contributed by atoms with E-state index in [1.807, 2.05) is 4.90 Å². The Morgan fingerprint density at radius 1 is 1.21 bits per heavy atom. The first kappa shape index (κ1) is 9.26. The van der Waals surface area contributed by atoms with Crippen molar-refractivity contribution < 1.29 is 9.13 Å². The lowest BCUT2D eigenvalue weighted by Crippen LogP contribution is -2.37. The number of aromatic nitrogens is 3. The molecule has 1 aliphatic rings. The second kappa shape index (κ2) is 3.83. The Labute approximate surface area is 80.9 Å². The minimum absolute atomic E-state index is 0.401. The molecule has 1 aliphatic heterocycles. The number of morpholine rings is 1. The van der Waals surface area contributed by atoms with Gasteiger partial charge in [-0.2, -0.15) is 19.3 Å². The SMILES string of the molecule is Cc1nc(F)nc(N2CCOCC2)n1. The first-order valence-corrected chi connectivity index (χ1v) is 4.46. The molecule has 0 aromatic carbocycles. The van der Waals surface area contributed by atoms with Gasteiger partial charge in [0.15, 0.2) is 0 Å². The van der Waals surface area contributed by atoms with Crippen molar-refractivity contribution in [3.8, 4) is 0 Å². The summed E-state index contributed by atoms with van der Waals surface area (Å²) in [6.07, 6.45) is -0.723. The van der Waals surface area contributed by atoms with Crippen molar-refractivity contribution >= 4 is 5.95 Å². The summed E-state index contributed by atoms with van der Waals surface area (Å²) in [6, 6.07) is 0. The van der Waals surface area contributed by atoms with Crippen molar-refractivity contribution in [2.45, 2.75) is 6.92 Å². The summed E-state index contributed by atoms with van der Waals surface area (Å²) in [5.41, 5.74) is 0. The van der Waals surface area contributed by atoms with Gasteiger partial charge in [-0.15, -0.1) is 0 Å². The van der Waals surface area contributed by atoms with Crippen molar-refractivity contribution in [2.75, 3.05) is 31.2 Å². The zero-order valence-corrected chi connectivity index (χ0v) is 7.90. The van der Waals surface area contributed by atoms with Crippen LogP contribution >= 0.6 is 0 Å². The van der Waals surface area contributed by atoms with Crippen molar-refractivity contribution in [1.82, 2.24) is 15.0 Å². The molecule has 14 heavy (non-hydrogen) atoms. The minimum atomic E-state index is -0.723. The second-order valence-electron chi connectivity index (χ2n) is 3.05. The number of anilines is 1. The number of halogens is 1. The van der Waals surface area contributed by atoms with Gasteiger partial charge < -0.3 is 9.64 Å². The highest BCUT2D eigenvalue weighted by Gasteiger charge is 2.15. The summed E-state index contributed by atoms with van der Waals surface area (Å²) < 4.78 is 18.0. The molecular weight excluding hydrogens is 187 g/mol. The molecule has 5 nitrogen and oxygen atoms in total. The van der Waals surface area contributed by atoms with E-state index in [0.29, 0.717) is 38.1 Å². The number of hydrogen-bond donors (Lipinski definition) is 0. The van der Waals surface area contributed by atoms with E-state index in [9.17, 15) is 4.39 Å². The summed E-state index contributed by atoms with van der Waals surface area (Å²) in [5.74, 6) is 0.803. The molecule has 0 atom stereocenters. The highest BCUT2D eigenvalue weighted by Crippen LogP contribution is 2.09. The average Bonchev–Trinajstić information content (AvgIpc) is 2.18. The number of rotatable bonds is 1. The van der Waals surface area contributed by atoms with Crippen LogP contribution in [-0.2, 0) is 4.74 Å². The lowest BCUT2D eigenvalue weighted by Gasteiger charge is -2.26. The van der Waals surface area contributed by atoms with E-state index in [4.69, 9.17) is 4.74 Å². The van der Waals surface area contributed by atoms with Gasteiger partial charge in [-0.1, -0.05) is 0 Å². The molecule has 0 spiro atoms. The molecule has 1 aromatic heterocycles. The molecule has 0 bridgehead atoms. The van der Waals surface area contributed by atoms with E-state index in [1.165, 1.54) is 0 Å². The molecule has 0 aliphatic carbocycles. The first-order chi connectivity index (χ1) is 6.75. The largest absolute Gasteiger partial charge is 0.378 e. The molecule has 1 aromatic rings. The van der Waals surface area contributed by atoms with Crippen LogP contribution in [0.25, 0.3) is 0 Å². The zero-order chi connectivity index (χ0) is 9.97. The molecule has 0 N–H and O–H groups in total. The molecular formula is C8H11FN4O. The van der Waals surface area contributed by atoms with Crippen molar-refractivity contribution in [3.05, 3.63) is 11.9 Å². The topological polar surface area (TPSA) is 51.1 Å². The van der Waals surface area contributed by atoms with Gasteiger partial charge in [0.05, 0.1) is 13.2 Å². The van der Waals surface area contributed by atoms with Crippen LogP contribution in [0.3, 0.4) is 0 Å². The number of nitrogens with zero attached hydrogens (tertiary/aromatic N) is 4. The third-order valence-electron chi connectivity index (χ3n) is 2.00. The van der Waals surface area contributed by atoms with Crippen molar-refractivity contribution in [2.24, 2.45) is 0 Å². The van der Waals surface area contributed by atoms with E-state index >= 15 is 0 Å². The third kappa shape index (κ3) is 1.95. The lowest BCUT2D eigenvalue weighted by atomic mass is 10.4. The Morgan fingerprint density at radius 2 is 1.93 bits per heavy atom. The van der Waals surface area contributed by atoms with Gasteiger partial charge in [0.25, 0.3) is 0 Å². The van der Waals surface area contributed by atoms with Gasteiger partial charge >= 0.3 is 6.08 Å². The fourth-order valence-corrected chi connectivity index (χ4v) is 1.34. The minimum Gasteiger partial charge on any atom is -0.378 e. The quantitative estimate of drug-likeness (QED) is 0.643.